The maximum absolute atomic E-state index is 13.0. The van der Waals surface area contributed by atoms with Crippen LogP contribution in [0.5, 0.6) is 0 Å². The summed E-state index contributed by atoms with van der Waals surface area (Å²) in [6.45, 7) is 3.49. The number of rotatable bonds is 6. The van der Waals surface area contributed by atoms with Gasteiger partial charge in [-0.1, -0.05) is 25.1 Å². The van der Waals surface area contributed by atoms with Crippen molar-refractivity contribution in [2.24, 2.45) is 5.92 Å². The largest absolute Gasteiger partial charge is 0.343 e. The van der Waals surface area contributed by atoms with E-state index >= 15 is 0 Å². The number of hydrogen-bond donors (Lipinski definition) is 2. The zero-order valence-electron chi connectivity index (χ0n) is 18.0. The van der Waals surface area contributed by atoms with Crippen molar-refractivity contribution in [2.45, 2.75) is 42.4 Å². The Bertz CT molecular complexity index is 1130. The van der Waals surface area contributed by atoms with Gasteiger partial charge in [0.15, 0.2) is 0 Å². The molecule has 1 saturated heterocycles. The average Bonchev–Trinajstić information content (AvgIpc) is 3.27. The number of anilines is 2. The van der Waals surface area contributed by atoms with E-state index in [1.54, 1.807) is 24.3 Å². The average molecular weight is 474 g/mol. The number of carbonyl (C=O) groups is 2. The molecule has 0 saturated carbocycles. The molecule has 2 aromatic rings. The molecule has 2 amide bonds. The highest BCUT2D eigenvalue weighted by molar-refractivity contribution is 7.99. The second-order valence-electron chi connectivity index (χ2n) is 8.06. The molecule has 2 N–H and O–H groups in total. The van der Waals surface area contributed by atoms with Gasteiger partial charge in [-0.15, -0.1) is 11.8 Å². The summed E-state index contributed by atoms with van der Waals surface area (Å²) in [5.41, 5.74) is 1.91. The van der Waals surface area contributed by atoms with Gasteiger partial charge in [-0.2, -0.15) is 0 Å². The molecule has 2 aromatic carbocycles. The Morgan fingerprint density at radius 3 is 2.69 bits per heavy atom. The molecule has 0 aliphatic carbocycles. The molecule has 1 atom stereocenters. The number of carbonyl (C=O) groups excluding carboxylic acids is 2. The van der Waals surface area contributed by atoms with Gasteiger partial charge in [0, 0.05) is 30.2 Å². The fourth-order valence-corrected chi connectivity index (χ4v) is 6.20. The van der Waals surface area contributed by atoms with E-state index in [2.05, 4.69) is 10.0 Å². The molecule has 0 aromatic heterocycles. The van der Waals surface area contributed by atoms with E-state index in [4.69, 9.17) is 0 Å². The van der Waals surface area contributed by atoms with Crippen LogP contribution in [0.15, 0.2) is 52.3 Å². The van der Waals surface area contributed by atoms with Crippen LogP contribution in [-0.4, -0.2) is 44.0 Å². The van der Waals surface area contributed by atoms with Crippen LogP contribution >= 0.6 is 11.8 Å². The Morgan fingerprint density at radius 1 is 1.19 bits per heavy atom. The van der Waals surface area contributed by atoms with Gasteiger partial charge < -0.3 is 10.2 Å². The summed E-state index contributed by atoms with van der Waals surface area (Å²) < 4.78 is 28.7. The summed E-state index contributed by atoms with van der Waals surface area (Å²) in [5.74, 6) is -0.207. The van der Waals surface area contributed by atoms with E-state index in [1.807, 2.05) is 24.0 Å². The van der Waals surface area contributed by atoms with Crippen LogP contribution in [0.4, 0.5) is 11.4 Å². The highest BCUT2D eigenvalue weighted by Crippen LogP contribution is 2.35. The first kappa shape index (κ1) is 22.7. The number of benzene rings is 2. The molecule has 32 heavy (non-hydrogen) atoms. The minimum atomic E-state index is -3.82. The monoisotopic (exact) mass is 473 g/mol. The van der Waals surface area contributed by atoms with Crippen molar-refractivity contribution in [3.63, 3.8) is 0 Å². The molecule has 0 unspecified atom stereocenters. The van der Waals surface area contributed by atoms with E-state index in [1.165, 1.54) is 17.8 Å². The first-order chi connectivity index (χ1) is 15.4. The molecule has 0 bridgehead atoms. The van der Waals surface area contributed by atoms with Crippen LogP contribution in [0.25, 0.3) is 0 Å². The van der Waals surface area contributed by atoms with Gasteiger partial charge in [0.25, 0.3) is 10.0 Å². The van der Waals surface area contributed by atoms with Gasteiger partial charge in [-0.25, -0.2) is 8.42 Å². The summed E-state index contributed by atoms with van der Waals surface area (Å²) >= 11 is 1.47. The fourth-order valence-electron chi connectivity index (χ4n) is 3.99. The Morgan fingerprint density at radius 2 is 1.94 bits per heavy atom. The van der Waals surface area contributed by atoms with Gasteiger partial charge in [0.2, 0.25) is 11.8 Å². The molecule has 7 nitrogen and oxygen atoms in total. The number of thioether (sulfide) groups is 1. The van der Waals surface area contributed by atoms with E-state index in [-0.39, 0.29) is 23.1 Å². The lowest BCUT2D eigenvalue weighted by Crippen LogP contribution is -2.33. The topological polar surface area (TPSA) is 95.6 Å². The van der Waals surface area contributed by atoms with Crippen molar-refractivity contribution in [3.8, 4) is 0 Å². The molecule has 2 aliphatic rings. The fraction of sp³-hybridized carbons (Fsp3) is 0.391. The lowest BCUT2D eigenvalue weighted by molar-refractivity contribution is -0.133. The second-order valence-corrected chi connectivity index (χ2v) is 10.8. The number of para-hydroxylation sites is 1. The summed E-state index contributed by atoms with van der Waals surface area (Å²) in [6.07, 6.45) is 2.90. The molecule has 9 heteroatoms. The number of sulfonamides is 1. The first-order valence-electron chi connectivity index (χ1n) is 10.8. The number of likely N-dealkylation sites (tertiary alicyclic amines) is 1. The van der Waals surface area contributed by atoms with Crippen LogP contribution in [0.3, 0.4) is 0 Å². The van der Waals surface area contributed by atoms with E-state index < -0.39 is 15.9 Å². The van der Waals surface area contributed by atoms with Gasteiger partial charge in [-0.3, -0.25) is 14.3 Å². The summed E-state index contributed by atoms with van der Waals surface area (Å²) in [4.78, 5) is 28.0. The summed E-state index contributed by atoms with van der Waals surface area (Å²) in [7, 11) is -3.82. The van der Waals surface area contributed by atoms with Crippen LogP contribution in [0.1, 0.15) is 31.7 Å². The smallest absolute Gasteiger partial charge is 0.261 e. The molecule has 4 rings (SSSR count). The molecular formula is C23H27N3O4S2. The number of fused-ring (bicyclic) bond motifs is 1. The lowest BCUT2D eigenvalue weighted by atomic mass is 10.1. The zero-order valence-corrected chi connectivity index (χ0v) is 19.6. The van der Waals surface area contributed by atoms with Crippen molar-refractivity contribution >= 4 is 45.0 Å². The second kappa shape index (κ2) is 9.54. The Hall–Kier alpha value is -2.52. The molecular weight excluding hydrogens is 446 g/mol. The molecule has 2 heterocycles. The van der Waals surface area contributed by atoms with Gasteiger partial charge in [0.1, 0.15) is 0 Å². The zero-order chi connectivity index (χ0) is 22.7. The normalized spacial score (nSPS) is 18.6. The number of amides is 2. The molecule has 1 fully saturated rings. The quantitative estimate of drug-likeness (QED) is 0.667. The van der Waals surface area contributed by atoms with Crippen molar-refractivity contribution in [3.05, 3.63) is 48.0 Å². The van der Waals surface area contributed by atoms with Crippen molar-refractivity contribution < 1.29 is 18.0 Å². The first-order valence-corrected chi connectivity index (χ1v) is 13.3. The Kier molecular flexibility index (Phi) is 6.76. The predicted molar refractivity (Wildman–Crippen MR) is 126 cm³/mol. The van der Waals surface area contributed by atoms with Crippen LogP contribution in [-0.2, 0) is 26.0 Å². The lowest BCUT2D eigenvalue weighted by Gasteiger charge is -2.18. The Balaban J connectivity index is 1.51. The minimum Gasteiger partial charge on any atom is -0.343 e. The predicted octanol–water partition coefficient (Wildman–Crippen LogP) is 3.72. The van der Waals surface area contributed by atoms with Gasteiger partial charge in [-0.05, 0) is 49.1 Å². The maximum Gasteiger partial charge on any atom is 0.261 e. The van der Waals surface area contributed by atoms with Crippen molar-refractivity contribution in [1.82, 2.24) is 4.90 Å². The van der Waals surface area contributed by atoms with Crippen LogP contribution in [0, 0.1) is 5.92 Å². The van der Waals surface area contributed by atoms with Gasteiger partial charge >= 0.3 is 0 Å². The number of nitrogens with one attached hydrogen (secondary N) is 2. The highest BCUT2D eigenvalue weighted by Gasteiger charge is 2.30. The molecule has 2 aliphatic heterocycles. The third kappa shape index (κ3) is 4.94. The Labute approximate surface area is 193 Å². The summed E-state index contributed by atoms with van der Waals surface area (Å²) in [5, 5.41) is 2.84. The molecule has 0 radical (unpaired) electrons. The van der Waals surface area contributed by atoms with E-state index in [0.29, 0.717) is 23.5 Å². The molecule has 0 spiro atoms. The highest BCUT2D eigenvalue weighted by atomic mass is 32.2. The van der Waals surface area contributed by atoms with E-state index in [9.17, 15) is 18.0 Å². The number of hydrogen-bond acceptors (Lipinski definition) is 5. The third-order valence-electron chi connectivity index (χ3n) is 5.85. The van der Waals surface area contributed by atoms with E-state index in [0.717, 1.165) is 36.4 Å². The number of nitrogens with zero attached hydrogens (tertiary/aromatic N) is 1. The van der Waals surface area contributed by atoms with Crippen LogP contribution < -0.4 is 10.0 Å². The standard InChI is InChI=1S/C23H27N3O4S2/c1-2-16-7-3-4-8-19(16)25-32(29,30)18-9-10-21-20(14-18)24-23(28)17(15-31-21)13-22(27)26-11-5-6-12-26/h3-4,7-10,14,17,25H,2,5-6,11-13,15H2,1H3,(H,24,28)/t17-/m0/s1. The summed E-state index contributed by atoms with van der Waals surface area (Å²) in [6, 6.07) is 12.0. The van der Waals surface area contributed by atoms with Crippen molar-refractivity contribution in [2.75, 3.05) is 28.9 Å². The number of aryl methyl sites for hydroxylation is 1. The van der Waals surface area contributed by atoms with Gasteiger partial charge in [0.05, 0.1) is 22.2 Å². The minimum absolute atomic E-state index is 0.0104. The SMILES string of the molecule is CCc1ccccc1NS(=O)(=O)c1ccc2c(c1)NC(=O)[C@@H](CC(=O)N1CCCC1)CS2. The maximum atomic E-state index is 13.0. The third-order valence-corrected chi connectivity index (χ3v) is 8.45. The van der Waals surface area contributed by atoms with Crippen LogP contribution in [0.2, 0.25) is 0 Å². The van der Waals surface area contributed by atoms with Crippen molar-refractivity contribution in [1.29, 1.82) is 0 Å². The molecule has 170 valence electrons.